The molecule has 0 bridgehead atoms. The van der Waals surface area contributed by atoms with Crippen LogP contribution in [0.5, 0.6) is 0 Å². The van der Waals surface area contributed by atoms with Crippen LogP contribution < -0.4 is 5.73 Å². The topological polar surface area (TPSA) is 26.0 Å². The van der Waals surface area contributed by atoms with Gasteiger partial charge in [-0.2, -0.15) is 0 Å². The monoisotopic (exact) mass is 219 g/mol. The molecule has 2 N–H and O–H groups in total. The van der Waals surface area contributed by atoms with E-state index in [4.69, 9.17) is 5.73 Å². The van der Waals surface area contributed by atoms with Crippen LogP contribution in [0.2, 0.25) is 0 Å². The molecule has 0 amide bonds. The van der Waals surface area contributed by atoms with Crippen molar-refractivity contribution in [1.29, 1.82) is 0 Å². The van der Waals surface area contributed by atoms with Crippen LogP contribution >= 0.6 is 0 Å². The summed E-state index contributed by atoms with van der Waals surface area (Å²) < 4.78 is 0. The van der Waals surface area contributed by atoms with Gasteiger partial charge in [0.1, 0.15) is 0 Å². The predicted molar refractivity (Wildman–Crippen MR) is 72.2 cm³/mol. The van der Waals surface area contributed by atoms with Crippen molar-refractivity contribution >= 4 is 0 Å². The van der Waals surface area contributed by atoms with Crippen LogP contribution in [0.4, 0.5) is 0 Å². The third kappa shape index (κ3) is 3.34. The second kappa shape index (κ2) is 6.05. The molecule has 0 aromatic heterocycles. The second-order valence-electron chi connectivity index (χ2n) is 5.11. The van der Waals surface area contributed by atoms with Crippen LogP contribution in [-0.4, -0.2) is 6.04 Å². The van der Waals surface area contributed by atoms with Gasteiger partial charge in [-0.1, -0.05) is 31.7 Å². The van der Waals surface area contributed by atoms with Gasteiger partial charge < -0.3 is 5.73 Å². The van der Waals surface area contributed by atoms with Crippen molar-refractivity contribution in [3.63, 3.8) is 0 Å². The Bertz CT molecular complexity index is 289. The van der Waals surface area contributed by atoms with Gasteiger partial charge in [-0.05, 0) is 56.1 Å². The molecular formula is C15H25N. The Balaban J connectivity index is 2.91. The van der Waals surface area contributed by atoms with E-state index >= 15 is 0 Å². The highest BCUT2D eigenvalue weighted by atomic mass is 14.6. The fourth-order valence-electron chi connectivity index (χ4n) is 2.80. The number of nitrogens with two attached hydrogens (primary N) is 1. The van der Waals surface area contributed by atoms with Crippen molar-refractivity contribution in [2.75, 3.05) is 0 Å². The largest absolute Gasteiger partial charge is 0.328 e. The minimum absolute atomic E-state index is 0.367. The molecular weight excluding hydrogens is 194 g/mol. The first-order valence-corrected chi connectivity index (χ1v) is 6.30. The Labute approximate surface area is 100 Å². The van der Waals surface area contributed by atoms with E-state index in [-0.39, 0.29) is 0 Å². The molecule has 1 fully saturated rings. The molecule has 1 nitrogen and oxygen atoms in total. The molecule has 16 heavy (non-hydrogen) atoms. The summed E-state index contributed by atoms with van der Waals surface area (Å²) in [6, 6.07) is 0.367. The van der Waals surface area contributed by atoms with E-state index in [2.05, 4.69) is 39.5 Å². The summed E-state index contributed by atoms with van der Waals surface area (Å²) in [5, 5.41) is 0. The Morgan fingerprint density at radius 2 is 2.00 bits per heavy atom. The molecule has 0 radical (unpaired) electrons. The summed E-state index contributed by atoms with van der Waals surface area (Å²) in [6.45, 7) is 10.4. The van der Waals surface area contributed by atoms with Crippen LogP contribution in [0.15, 0.2) is 36.0 Å². The van der Waals surface area contributed by atoms with Crippen molar-refractivity contribution in [2.24, 2.45) is 17.6 Å². The van der Waals surface area contributed by atoms with Crippen molar-refractivity contribution in [3.8, 4) is 0 Å². The molecule has 0 heterocycles. The molecule has 0 aromatic carbocycles. The van der Waals surface area contributed by atoms with Gasteiger partial charge in [0.05, 0.1) is 0 Å². The quantitative estimate of drug-likeness (QED) is 0.717. The number of hydrogen-bond acceptors (Lipinski definition) is 1. The highest BCUT2D eigenvalue weighted by Gasteiger charge is 2.26. The lowest BCUT2D eigenvalue weighted by molar-refractivity contribution is 0.283. The average molecular weight is 219 g/mol. The zero-order valence-electron chi connectivity index (χ0n) is 10.9. The van der Waals surface area contributed by atoms with E-state index in [1.54, 1.807) is 0 Å². The summed E-state index contributed by atoms with van der Waals surface area (Å²) in [5.41, 5.74) is 8.84. The first-order chi connectivity index (χ1) is 7.58. The third-order valence-electron chi connectivity index (χ3n) is 3.53. The van der Waals surface area contributed by atoms with Crippen molar-refractivity contribution in [1.82, 2.24) is 0 Å². The standard InChI is InChI=1S/C15H25N/c1-5-7-15(12(4)6-2)13-8-11(3)9-14(16)10-13/h5-7,11,13-14H,2,8-10,16H2,1,3-4H3/b7-5-,15-12+. The van der Waals surface area contributed by atoms with Gasteiger partial charge in [0, 0.05) is 6.04 Å². The lowest BCUT2D eigenvalue weighted by Gasteiger charge is -2.32. The van der Waals surface area contributed by atoms with Gasteiger partial charge in [-0.15, -0.1) is 0 Å². The normalized spacial score (nSPS) is 32.6. The maximum absolute atomic E-state index is 6.12. The van der Waals surface area contributed by atoms with Gasteiger partial charge >= 0.3 is 0 Å². The molecule has 1 aliphatic carbocycles. The van der Waals surface area contributed by atoms with Gasteiger partial charge in [0.25, 0.3) is 0 Å². The van der Waals surface area contributed by atoms with Crippen LogP contribution in [-0.2, 0) is 0 Å². The van der Waals surface area contributed by atoms with Crippen LogP contribution in [0.1, 0.15) is 40.0 Å². The number of rotatable bonds is 3. The van der Waals surface area contributed by atoms with Crippen molar-refractivity contribution in [2.45, 2.75) is 46.1 Å². The molecule has 3 atom stereocenters. The van der Waals surface area contributed by atoms with Crippen molar-refractivity contribution in [3.05, 3.63) is 36.0 Å². The van der Waals surface area contributed by atoms with Gasteiger partial charge in [0.15, 0.2) is 0 Å². The van der Waals surface area contributed by atoms with Crippen LogP contribution in [0.3, 0.4) is 0 Å². The first-order valence-electron chi connectivity index (χ1n) is 6.30. The first kappa shape index (κ1) is 13.2. The molecule has 1 rings (SSSR count). The molecule has 0 aliphatic heterocycles. The molecule has 0 aromatic rings. The smallest absolute Gasteiger partial charge is 0.00471 e. The molecule has 90 valence electrons. The summed E-state index contributed by atoms with van der Waals surface area (Å²) >= 11 is 0. The van der Waals surface area contributed by atoms with E-state index in [1.165, 1.54) is 24.0 Å². The minimum Gasteiger partial charge on any atom is -0.328 e. The molecule has 1 aliphatic rings. The number of allylic oxidation sites excluding steroid dienone is 5. The highest BCUT2D eigenvalue weighted by Crippen LogP contribution is 2.34. The fraction of sp³-hybridized carbons (Fsp3) is 0.600. The van der Waals surface area contributed by atoms with Crippen LogP contribution in [0, 0.1) is 11.8 Å². The second-order valence-corrected chi connectivity index (χ2v) is 5.11. The van der Waals surface area contributed by atoms with Gasteiger partial charge in [-0.3, -0.25) is 0 Å². The van der Waals surface area contributed by atoms with Crippen molar-refractivity contribution < 1.29 is 0 Å². The van der Waals surface area contributed by atoms with Crippen LogP contribution in [0.25, 0.3) is 0 Å². The average Bonchev–Trinajstić information content (AvgIpc) is 2.23. The molecule has 0 saturated heterocycles. The Kier molecular flexibility index (Phi) is 5.01. The Morgan fingerprint density at radius 1 is 1.31 bits per heavy atom. The Morgan fingerprint density at radius 3 is 2.50 bits per heavy atom. The highest BCUT2D eigenvalue weighted by molar-refractivity contribution is 5.33. The zero-order valence-corrected chi connectivity index (χ0v) is 10.9. The van der Waals surface area contributed by atoms with Gasteiger partial charge in [-0.25, -0.2) is 0 Å². The zero-order chi connectivity index (χ0) is 12.1. The Hall–Kier alpha value is -0.820. The lowest BCUT2D eigenvalue weighted by atomic mass is 9.75. The summed E-state index contributed by atoms with van der Waals surface area (Å²) in [4.78, 5) is 0. The van der Waals surface area contributed by atoms with E-state index in [0.29, 0.717) is 12.0 Å². The molecule has 0 spiro atoms. The maximum Gasteiger partial charge on any atom is 0.00471 e. The number of hydrogen-bond donors (Lipinski definition) is 1. The molecule has 1 heteroatoms. The van der Waals surface area contributed by atoms with E-state index in [9.17, 15) is 0 Å². The summed E-state index contributed by atoms with van der Waals surface area (Å²) in [7, 11) is 0. The molecule has 1 saturated carbocycles. The van der Waals surface area contributed by atoms with E-state index in [1.807, 2.05) is 6.08 Å². The van der Waals surface area contributed by atoms with E-state index < -0.39 is 0 Å². The third-order valence-corrected chi connectivity index (χ3v) is 3.53. The lowest BCUT2D eigenvalue weighted by Crippen LogP contribution is -2.32. The summed E-state index contributed by atoms with van der Waals surface area (Å²) in [5.74, 6) is 1.36. The maximum atomic E-state index is 6.12. The van der Waals surface area contributed by atoms with E-state index in [0.717, 1.165) is 12.3 Å². The predicted octanol–water partition coefficient (Wildman–Crippen LogP) is 3.83. The molecule has 3 unspecified atom stereocenters. The summed E-state index contributed by atoms with van der Waals surface area (Å²) in [6.07, 6.45) is 9.86. The SMILES string of the molecule is C=C/C(C)=C(\C=C/C)C1CC(C)CC(N)C1. The van der Waals surface area contributed by atoms with Gasteiger partial charge in [0.2, 0.25) is 0 Å². The fourth-order valence-corrected chi connectivity index (χ4v) is 2.80. The minimum atomic E-state index is 0.367.